The van der Waals surface area contributed by atoms with Gasteiger partial charge in [-0.1, -0.05) is 6.42 Å². The maximum Gasteiger partial charge on any atom is 0.433 e. The number of carbonyl (C=O) groups is 1. The third-order valence-electron chi connectivity index (χ3n) is 5.26. The first kappa shape index (κ1) is 26.4. The van der Waals surface area contributed by atoms with E-state index in [0.717, 1.165) is 50.8 Å². The highest BCUT2D eigenvalue weighted by Crippen LogP contribution is 2.28. The Balaban J connectivity index is 0.00000363. The Kier molecular flexibility index (Phi) is 10.2. The molecule has 2 fully saturated rings. The maximum atomic E-state index is 12.7. The second kappa shape index (κ2) is 12.4. The maximum absolute atomic E-state index is 12.7. The third-order valence-corrected chi connectivity index (χ3v) is 5.26. The molecule has 2 saturated carbocycles. The van der Waals surface area contributed by atoms with Gasteiger partial charge in [-0.15, -0.1) is 24.0 Å². The molecule has 12 heteroatoms. The average Bonchev–Trinajstić information content (AvgIpc) is 3.55. The Bertz CT molecular complexity index is 774. The molecule has 0 saturated heterocycles. The van der Waals surface area contributed by atoms with Gasteiger partial charge in [-0.2, -0.15) is 13.2 Å². The van der Waals surface area contributed by atoms with E-state index in [1.165, 1.54) is 0 Å². The molecule has 1 aromatic heterocycles. The fourth-order valence-corrected chi connectivity index (χ4v) is 3.56. The minimum Gasteiger partial charge on any atom is -0.357 e. The molecule has 0 aliphatic heterocycles. The molecule has 2 aliphatic carbocycles. The Hall–Kier alpha value is -1.86. The lowest BCUT2D eigenvalue weighted by molar-refractivity contribution is -0.141. The van der Waals surface area contributed by atoms with E-state index in [2.05, 4.69) is 36.2 Å². The molecule has 1 aromatic rings. The molecule has 0 spiro atoms. The second-order valence-electron chi connectivity index (χ2n) is 7.94. The molecule has 8 nitrogen and oxygen atoms in total. The first-order valence-corrected chi connectivity index (χ1v) is 10.8. The third kappa shape index (κ3) is 8.58. The van der Waals surface area contributed by atoms with Gasteiger partial charge in [0.2, 0.25) is 11.9 Å². The van der Waals surface area contributed by atoms with Crippen molar-refractivity contribution in [3.05, 3.63) is 18.0 Å². The zero-order valence-electron chi connectivity index (χ0n) is 18.0. The zero-order valence-corrected chi connectivity index (χ0v) is 20.4. The summed E-state index contributed by atoms with van der Waals surface area (Å²) in [5, 5.41) is 12.4. The van der Waals surface area contributed by atoms with Gasteiger partial charge >= 0.3 is 6.18 Å². The van der Waals surface area contributed by atoms with Crippen LogP contribution in [0.15, 0.2) is 17.3 Å². The van der Waals surface area contributed by atoms with Gasteiger partial charge in [0.1, 0.15) is 5.69 Å². The summed E-state index contributed by atoms with van der Waals surface area (Å²) in [4.78, 5) is 24.1. The van der Waals surface area contributed by atoms with Crippen molar-refractivity contribution >= 4 is 41.8 Å². The van der Waals surface area contributed by atoms with Crippen molar-refractivity contribution in [2.75, 3.05) is 25.0 Å². The minimum absolute atomic E-state index is 0. The van der Waals surface area contributed by atoms with Crippen LogP contribution in [-0.4, -0.2) is 53.6 Å². The van der Waals surface area contributed by atoms with Gasteiger partial charge in [-0.25, -0.2) is 9.97 Å². The largest absolute Gasteiger partial charge is 0.433 e. The number of rotatable bonds is 8. The van der Waals surface area contributed by atoms with Gasteiger partial charge in [0.15, 0.2) is 5.96 Å². The molecule has 180 valence electrons. The van der Waals surface area contributed by atoms with Crippen LogP contribution in [0.25, 0.3) is 0 Å². The van der Waals surface area contributed by atoms with Crippen LogP contribution in [-0.2, 0) is 11.0 Å². The molecule has 1 heterocycles. The summed E-state index contributed by atoms with van der Waals surface area (Å²) in [5.41, 5.74) is -0.985. The van der Waals surface area contributed by atoms with Crippen LogP contribution in [0.1, 0.15) is 51.1 Å². The predicted molar refractivity (Wildman–Crippen MR) is 127 cm³/mol. The SMILES string of the molecule is CCNC(=NCCNc1nccc(C(F)(F)F)n1)NC1CCCC(C(=O)NC2CC2)C1.I. The molecule has 1 amide bonds. The summed E-state index contributed by atoms with van der Waals surface area (Å²) >= 11 is 0. The van der Waals surface area contributed by atoms with Crippen LogP contribution in [0.4, 0.5) is 19.1 Å². The molecule has 2 aliphatic rings. The number of alkyl halides is 3. The molecule has 0 bridgehead atoms. The highest BCUT2D eigenvalue weighted by Gasteiger charge is 2.33. The summed E-state index contributed by atoms with van der Waals surface area (Å²) in [7, 11) is 0. The van der Waals surface area contributed by atoms with Gasteiger partial charge in [-0.3, -0.25) is 9.79 Å². The fourth-order valence-electron chi connectivity index (χ4n) is 3.56. The number of carbonyl (C=O) groups excluding carboxylic acids is 1. The van der Waals surface area contributed by atoms with Crippen LogP contribution in [0.3, 0.4) is 0 Å². The van der Waals surface area contributed by atoms with E-state index < -0.39 is 11.9 Å². The van der Waals surface area contributed by atoms with Crippen LogP contribution in [0, 0.1) is 5.92 Å². The molecule has 0 radical (unpaired) electrons. The highest BCUT2D eigenvalue weighted by atomic mass is 127. The van der Waals surface area contributed by atoms with Crippen molar-refractivity contribution in [2.24, 2.45) is 10.9 Å². The van der Waals surface area contributed by atoms with Gasteiger partial charge in [0.25, 0.3) is 0 Å². The summed E-state index contributed by atoms with van der Waals surface area (Å²) in [6.07, 6.45) is 2.35. The van der Waals surface area contributed by atoms with E-state index in [0.29, 0.717) is 25.1 Å². The van der Waals surface area contributed by atoms with Crippen LogP contribution in [0.2, 0.25) is 0 Å². The average molecular weight is 569 g/mol. The summed E-state index contributed by atoms with van der Waals surface area (Å²) in [5.74, 6) is 0.720. The van der Waals surface area contributed by atoms with Gasteiger partial charge in [-0.05, 0) is 45.1 Å². The number of aromatic nitrogens is 2. The van der Waals surface area contributed by atoms with E-state index in [1.54, 1.807) is 0 Å². The number of nitrogens with one attached hydrogen (secondary N) is 4. The van der Waals surface area contributed by atoms with Crippen molar-refractivity contribution < 1.29 is 18.0 Å². The lowest BCUT2D eigenvalue weighted by atomic mass is 9.85. The normalized spacial score (nSPS) is 21.3. The molecule has 2 unspecified atom stereocenters. The Labute approximate surface area is 203 Å². The van der Waals surface area contributed by atoms with Crippen LogP contribution >= 0.6 is 24.0 Å². The number of hydrogen-bond acceptors (Lipinski definition) is 5. The monoisotopic (exact) mass is 569 g/mol. The first-order valence-electron chi connectivity index (χ1n) is 10.8. The molecule has 2 atom stereocenters. The number of guanidine groups is 1. The van der Waals surface area contributed by atoms with Crippen molar-refractivity contribution in [3.63, 3.8) is 0 Å². The smallest absolute Gasteiger partial charge is 0.357 e. The lowest BCUT2D eigenvalue weighted by Gasteiger charge is -2.30. The summed E-state index contributed by atoms with van der Waals surface area (Å²) < 4.78 is 38.2. The van der Waals surface area contributed by atoms with Crippen molar-refractivity contribution in [1.82, 2.24) is 25.9 Å². The molecule has 4 N–H and O–H groups in total. The zero-order chi connectivity index (χ0) is 22.3. The highest BCUT2D eigenvalue weighted by molar-refractivity contribution is 14.0. The number of anilines is 1. The Morgan fingerprint density at radius 1 is 1.19 bits per heavy atom. The van der Waals surface area contributed by atoms with E-state index in [-0.39, 0.29) is 54.3 Å². The molecule has 3 rings (SSSR count). The summed E-state index contributed by atoms with van der Waals surface area (Å²) in [6.45, 7) is 3.25. The topological polar surface area (TPSA) is 103 Å². The van der Waals surface area contributed by atoms with Crippen LogP contribution < -0.4 is 21.3 Å². The number of amides is 1. The van der Waals surface area contributed by atoms with Crippen LogP contribution in [0.5, 0.6) is 0 Å². The standard InChI is InChI=1S/C20H30F3N7O.HI/c1-2-24-18(26-10-11-27-19-25-9-8-16(30-19)20(21,22)23)29-15-5-3-4-13(12-15)17(31)28-14-6-7-14;/h8-9,13-15H,2-7,10-12H2,1H3,(H,28,31)(H2,24,26,29)(H,25,27,30);1H. The quantitative estimate of drug-likeness (QED) is 0.166. The number of halogens is 4. The van der Waals surface area contributed by atoms with E-state index in [1.807, 2.05) is 6.92 Å². The van der Waals surface area contributed by atoms with Gasteiger partial charge < -0.3 is 21.3 Å². The lowest BCUT2D eigenvalue weighted by Crippen LogP contribution is -2.47. The Morgan fingerprint density at radius 2 is 1.97 bits per heavy atom. The molecular weight excluding hydrogens is 538 g/mol. The van der Waals surface area contributed by atoms with E-state index >= 15 is 0 Å². The van der Waals surface area contributed by atoms with Crippen molar-refractivity contribution in [2.45, 2.75) is 63.7 Å². The fraction of sp³-hybridized carbons (Fsp3) is 0.700. The van der Waals surface area contributed by atoms with Gasteiger partial charge in [0.05, 0.1) is 6.54 Å². The summed E-state index contributed by atoms with van der Waals surface area (Å²) in [6, 6.07) is 1.35. The van der Waals surface area contributed by atoms with Crippen molar-refractivity contribution in [3.8, 4) is 0 Å². The first-order chi connectivity index (χ1) is 14.8. The number of nitrogens with zero attached hydrogens (tertiary/aromatic N) is 3. The molecular formula is C20H31F3IN7O. The minimum atomic E-state index is -4.51. The van der Waals surface area contributed by atoms with Crippen molar-refractivity contribution in [1.29, 1.82) is 0 Å². The van der Waals surface area contributed by atoms with E-state index in [9.17, 15) is 18.0 Å². The van der Waals surface area contributed by atoms with E-state index in [4.69, 9.17) is 0 Å². The van der Waals surface area contributed by atoms with Gasteiger partial charge in [0, 0.05) is 37.3 Å². The number of hydrogen-bond donors (Lipinski definition) is 4. The second-order valence-corrected chi connectivity index (χ2v) is 7.94. The molecule has 32 heavy (non-hydrogen) atoms. The predicted octanol–water partition coefficient (Wildman–Crippen LogP) is 2.92. The molecule has 0 aromatic carbocycles. The Morgan fingerprint density at radius 3 is 2.66 bits per heavy atom. The number of aliphatic imine (C=N–C) groups is 1.